The van der Waals surface area contributed by atoms with Gasteiger partial charge in [0.05, 0.1) is 22.0 Å². The third-order valence-electron chi connectivity index (χ3n) is 5.54. The molecule has 3 aromatic heterocycles. The maximum absolute atomic E-state index is 10.3. The number of thiophene rings is 1. The molecule has 160 valence electrons. The molecule has 6 nitrogen and oxygen atoms in total. The fraction of sp³-hybridized carbons (Fsp3) is 0.304. The maximum Gasteiger partial charge on any atom is 0.181 e. The highest BCUT2D eigenvalue weighted by atomic mass is 35.5. The molecular formula is C23H22ClN3O3S. The van der Waals surface area contributed by atoms with Gasteiger partial charge in [-0.2, -0.15) is 0 Å². The Labute approximate surface area is 188 Å². The van der Waals surface area contributed by atoms with Crippen LogP contribution in [0.5, 0.6) is 5.75 Å². The minimum absolute atomic E-state index is 0.254. The van der Waals surface area contributed by atoms with E-state index in [2.05, 4.69) is 15.3 Å². The average molecular weight is 456 g/mol. The molecule has 8 heteroatoms. The van der Waals surface area contributed by atoms with Crippen molar-refractivity contribution in [1.29, 1.82) is 0 Å². The smallest absolute Gasteiger partial charge is 0.181 e. The third kappa shape index (κ3) is 3.61. The monoisotopic (exact) mass is 455 g/mol. The van der Waals surface area contributed by atoms with E-state index in [0.29, 0.717) is 24.4 Å². The first kappa shape index (κ1) is 20.5. The molecule has 0 aliphatic carbocycles. The van der Waals surface area contributed by atoms with Crippen molar-refractivity contribution < 1.29 is 14.3 Å². The number of fused-ring (bicyclic) bond motifs is 2. The highest BCUT2D eigenvalue weighted by Crippen LogP contribution is 2.48. The van der Waals surface area contributed by atoms with E-state index in [4.69, 9.17) is 20.8 Å². The van der Waals surface area contributed by atoms with Crippen molar-refractivity contribution in [3.05, 3.63) is 63.8 Å². The number of hydrogen-bond donors (Lipinski definition) is 2. The predicted molar refractivity (Wildman–Crippen MR) is 122 cm³/mol. The van der Waals surface area contributed by atoms with E-state index >= 15 is 0 Å². The summed E-state index contributed by atoms with van der Waals surface area (Å²) in [4.78, 5) is 9.73. The van der Waals surface area contributed by atoms with E-state index < -0.39 is 6.10 Å². The van der Waals surface area contributed by atoms with Crippen LogP contribution in [0.3, 0.4) is 0 Å². The zero-order valence-electron chi connectivity index (χ0n) is 17.2. The molecule has 1 unspecified atom stereocenters. The number of nitrogens with one attached hydrogen (secondary N) is 1. The van der Waals surface area contributed by atoms with Crippen LogP contribution >= 0.6 is 22.9 Å². The summed E-state index contributed by atoms with van der Waals surface area (Å²) in [6.07, 6.45) is 3.82. The van der Waals surface area contributed by atoms with E-state index in [1.54, 1.807) is 17.5 Å². The highest BCUT2D eigenvalue weighted by Gasteiger charge is 2.32. The SMILES string of the molecule is CCC(O)c1cc2nccc(-c3cc(Cl)cc4c3O[C@@H](c3ocnc3CNC)C4)c2s1. The molecule has 1 aliphatic heterocycles. The number of nitrogens with zero attached hydrogens (tertiary/aromatic N) is 2. The minimum atomic E-state index is -0.491. The molecule has 2 N–H and O–H groups in total. The second kappa shape index (κ2) is 8.24. The molecule has 1 aromatic carbocycles. The Morgan fingerprint density at radius 2 is 2.16 bits per heavy atom. The number of oxazole rings is 1. The van der Waals surface area contributed by atoms with Crippen molar-refractivity contribution in [3.63, 3.8) is 0 Å². The highest BCUT2D eigenvalue weighted by molar-refractivity contribution is 7.19. The van der Waals surface area contributed by atoms with E-state index in [9.17, 15) is 5.11 Å². The van der Waals surface area contributed by atoms with Gasteiger partial charge in [-0.15, -0.1) is 11.3 Å². The lowest BCUT2D eigenvalue weighted by atomic mass is 10.0. The van der Waals surface area contributed by atoms with Crippen molar-refractivity contribution >= 4 is 33.2 Å². The first-order valence-corrected chi connectivity index (χ1v) is 11.4. The molecule has 5 rings (SSSR count). The molecule has 2 atom stereocenters. The lowest BCUT2D eigenvalue weighted by Crippen LogP contribution is -2.11. The van der Waals surface area contributed by atoms with Crippen LogP contribution in [-0.2, 0) is 13.0 Å². The van der Waals surface area contributed by atoms with Gasteiger partial charge in [-0.3, -0.25) is 4.98 Å². The number of ether oxygens (including phenoxy) is 1. The zero-order chi connectivity index (χ0) is 21.5. The Bertz CT molecular complexity index is 1250. The number of aromatic nitrogens is 2. The molecule has 0 radical (unpaired) electrons. The molecule has 0 saturated carbocycles. The predicted octanol–water partition coefficient (Wildman–Crippen LogP) is 5.44. The summed E-state index contributed by atoms with van der Waals surface area (Å²) in [5, 5.41) is 14.1. The van der Waals surface area contributed by atoms with Crippen molar-refractivity contribution in [3.8, 4) is 16.9 Å². The van der Waals surface area contributed by atoms with E-state index in [0.717, 1.165) is 49.0 Å². The summed E-state index contributed by atoms with van der Waals surface area (Å²) in [5.41, 5.74) is 4.66. The Morgan fingerprint density at radius 3 is 2.97 bits per heavy atom. The normalized spacial score (nSPS) is 16.5. The van der Waals surface area contributed by atoms with Crippen LogP contribution < -0.4 is 10.1 Å². The van der Waals surface area contributed by atoms with Crippen LogP contribution in [0.1, 0.15) is 47.4 Å². The van der Waals surface area contributed by atoms with Crippen LogP contribution in [-0.4, -0.2) is 22.1 Å². The summed E-state index contributed by atoms with van der Waals surface area (Å²) < 4.78 is 13.1. The Kier molecular flexibility index (Phi) is 5.44. The van der Waals surface area contributed by atoms with Gasteiger partial charge in [0.1, 0.15) is 5.75 Å². The summed E-state index contributed by atoms with van der Waals surface area (Å²) in [7, 11) is 1.88. The van der Waals surface area contributed by atoms with Gasteiger partial charge in [0, 0.05) is 45.8 Å². The minimum Gasteiger partial charge on any atom is -0.481 e. The zero-order valence-corrected chi connectivity index (χ0v) is 18.8. The molecule has 0 amide bonds. The van der Waals surface area contributed by atoms with Crippen LogP contribution in [0.2, 0.25) is 5.02 Å². The van der Waals surface area contributed by atoms with E-state index in [1.165, 1.54) is 6.39 Å². The van der Waals surface area contributed by atoms with Crippen molar-refractivity contribution in [2.24, 2.45) is 0 Å². The average Bonchev–Trinajstić information content (AvgIpc) is 3.49. The van der Waals surface area contributed by atoms with Gasteiger partial charge in [-0.1, -0.05) is 18.5 Å². The fourth-order valence-electron chi connectivity index (χ4n) is 4.05. The Hall–Kier alpha value is -2.45. The van der Waals surface area contributed by atoms with Crippen molar-refractivity contribution in [2.75, 3.05) is 7.05 Å². The number of benzene rings is 1. The number of pyridine rings is 1. The van der Waals surface area contributed by atoms with Gasteiger partial charge in [0.2, 0.25) is 0 Å². The van der Waals surface area contributed by atoms with Crippen LogP contribution in [0, 0.1) is 0 Å². The van der Waals surface area contributed by atoms with Crippen molar-refractivity contribution in [1.82, 2.24) is 15.3 Å². The summed E-state index contributed by atoms with van der Waals surface area (Å²) >= 11 is 8.07. The van der Waals surface area contributed by atoms with Crippen molar-refractivity contribution in [2.45, 2.75) is 38.5 Å². The fourth-order valence-corrected chi connectivity index (χ4v) is 5.50. The molecule has 0 fully saturated rings. The van der Waals surface area contributed by atoms with Gasteiger partial charge < -0.3 is 19.6 Å². The largest absolute Gasteiger partial charge is 0.481 e. The maximum atomic E-state index is 10.3. The number of aliphatic hydroxyl groups is 1. The number of halogens is 1. The molecule has 1 aliphatic rings. The first-order chi connectivity index (χ1) is 15.1. The van der Waals surface area contributed by atoms with E-state index in [-0.39, 0.29) is 6.10 Å². The number of rotatable bonds is 6. The van der Waals surface area contributed by atoms with Gasteiger partial charge >= 0.3 is 0 Å². The molecule has 4 aromatic rings. The molecule has 0 bridgehead atoms. The standard InChI is InChI=1S/C23H22ClN3O3S/c1-3-18(28)20-9-16-23(31-20)14(4-5-26-16)15-8-13(24)6-12-7-19(30-21(12)15)22-17(10-25-2)27-11-29-22/h4-6,8-9,11,18-19,25,28H,3,7,10H2,1-2H3/t18?,19-/m1/s1. The molecular weight excluding hydrogens is 434 g/mol. The molecule has 0 saturated heterocycles. The summed E-state index contributed by atoms with van der Waals surface area (Å²) in [6.45, 7) is 2.57. The van der Waals surface area contributed by atoms with Crippen LogP contribution in [0.25, 0.3) is 21.3 Å². The van der Waals surface area contributed by atoms with Gasteiger partial charge in [0.15, 0.2) is 18.3 Å². The first-order valence-electron chi connectivity index (χ1n) is 10.2. The quantitative estimate of drug-likeness (QED) is 0.402. The summed E-state index contributed by atoms with van der Waals surface area (Å²) in [6, 6.07) is 7.82. The lowest BCUT2D eigenvalue weighted by Gasteiger charge is -2.13. The number of hydrogen-bond acceptors (Lipinski definition) is 7. The van der Waals surface area contributed by atoms with Crippen LogP contribution in [0.4, 0.5) is 0 Å². The molecule has 4 heterocycles. The van der Waals surface area contributed by atoms with Gasteiger partial charge in [-0.25, -0.2) is 4.98 Å². The van der Waals surface area contributed by atoms with Gasteiger partial charge in [-0.05, 0) is 37.7 Å². The lowest BCUT2D eigenvalue weighted by molar-refractivity contribution is 0.177. The van der Waals surface area contributed by atoms with Gasteiger partial charge in [0.25, 0.3) is 0 Å². The van der Waals surface area contributed by atoms with Crippen LogP contribution in [0.15, 0.2) is 41.3 Å². The molecule has 0 spiro atoms. The third-order valence-corrected chi connectivity index (χ3v) is 7.02. The second-order valence-electron chi connectivity index (χ2n) is 7.59. The summed E-state index contributed by atoms with van der Waals surface area (Å²) in [5.74, 6) is 1.54. The Balaban J connectivity index is 1.59. The molecule has 31 heavy (non-hydrogen) atoms. The number of aliphatic hydroxyl groups excluding tert-OH is 1. The topological polar surface area (TPSA) is 80.4 Å². The Morgan fingerprint density at radius 1 is 1.29 bits per heavy atom. The van der Waals surface area contributed by atoms with E-state index in [1.807, 2.05) is 38.2 Å². The second-order valence-corrected chi connectivity index (χ2v) is 9.11.